The molecule has 0 fully saturated rings. The molecular weight excluding hydrogens is 717 g/mol. The van der Waals surface area contributed by atoms with Crippen LogP contribution in [0.3, 0.4) is 0 Å². The maximum atomic E-state index is 4.50. The van der Waals surface area contributed by atoms with E-state index in [0.29, 0.717) is 0 Å². The highest BCUT2D eigenvalue weighted by atomic mass is 15.0. The minimum absolute atomic E-state index is 0.824. The van der Waals surface area contributed by atoms with Gasteiger partial charge in [0.05, 0.1) is 27.4 Å². The molecule has 0 spiro atoms. The van der Waals surface area contributed by atoms with E-state index in [9.17, 15) is 0 Å². The van der Waals surface area contributed by atoms with E-state index in [0.717, 1.165) is 46.1 Å². The van der Waals surface area contributed by atoms with Crippen LogP contribution in [0.2, 0.25) is 0 Å². The summed E-state index contributed by atoms with van der Waals surface area (Å²) >= 11 is 0. The van der Waals surface area contributed by atoms with Crippen LogP contribution in [0.4, 0.5) is 0 Å². The van der Waals surface area contributed by atoms with Gasteiger partial charge in [-0.25, -0.2) is 0 Å². The van der Waals surface area contributed by atoms with Crippen molar-refractivity contribution in [3.05, 3.63) is 221 Å². The van der Waals surface area contributed by atoms with Crippen LogP contribution < -0.4 is 21.1 Å². The van der Waals surface area contributed by atoms with Gasteiger partial charge in [0, 0.05) is 50.1 Å². The van der Waals surface area contributed by atoms with E-state index in [4.69, 9.17) is 0 Å². The van der Waals surface area contributed by atoms with Crippen LogP contribution in [0.25, 0.3) is 63.2 Å². The lowest BCUT2D eigenvalue weighted by Crippen LogP contribution is -2.32. The largest absolute Gasteiger partial charge is 0.310 e. The molecule has 4 heteroatoms. The van der Waals surface area contributed by atoms with Crippen molar-refractivity contribution in [2.75, 3.05) is 0 Å². The molecule has 59 heavy (non-hydrogen) atoms. The van der Waals surface area contributed by atoms with Gasteiger partial charge in [0.25, 0.3) is 0 Å². The van der Waals surface area contributed by atoms with E-state index in [1.165, 1.54) is 49.2 Å². The lowest BCUT2D eigenvalue weighted by molar-refractivity contribution is 1.01. The maximum Gasteiger partial charge on any atom is 0.0712 e. The lowest BCUT2D eigenvalue weighted by atomic mass is 9.94. The number of benzene rings is 5. The molecule has 0 radical (unpaired) electrons. The fraction of sp³-hybridized carbons (Fsp3) is 0.0909. The van der Waals surface area contributed by atoms with E-state index in [1.54, 1.807) is 6.20 Å². The summed E-state index contributed by atoms with van der Waals surface area (Å²) in [6.07, 6.45) is 24.2. The summed E-state index contributed by atoms with van der Waals surface area (Å²) in [6.45, 7) is 14.1. The summed E-state index contributed by atoms with van der Waals surface area (Å²) in [6, 6.07) is 47.0. The fourth-order valence-electron chi connectivity index (χ4n) is 7.69. The van der Waals surface area contributed by atoms with Gasteiger partial charge in [0.1, 0.15) is 0 Å². The van der Waals surface area contributed by atoms with Gasteiger partial charge in [0.2, 0.25) is 0 Å². The third-order valence-electron chi connectivity index (χ3n) is 10.4. The summed E-state index contributed by atoms with van der Waals surface area (Å²) in [5.41, 5.74) is 10.2. The molecule has 290 valence electrons. The summed E-state index contributed by atoms with van der Waals surface area (Å²) in [5.74, 6) is 0. The Balaban J connectivity index is 0.000000224. The van der Waals surface area contributed by atoms with Crippen molar-refractivity contribution in [2.24, 2.45) is 9.98 Å². The highest BCUT2D eigenvalue weighted by molar-refractivity contribution is 5.99. The second-order valence-electron chi connectivity index (χ2n) is 14.2. The Morgan fingerprint density at radius 3 is 2.00 bits per heavy atom. The molecule has 1 aliphatic rings. The number of hydrogen-bond acceptors (Lipinski definition) is 2. The number of hydrogen-bond donors (Lipinski definition) is 0. The van der Waals surface area contributed by atoms with Gasteiger partial charge in [-0.05, 0) is 106 Å². The van der Waals surface area contributed by atoms with E-state index in [1.807, 2.05) is 87.6 Å². The normalized spacial score (nSPS) is 13.8. The summed E-state index contributed by atoms with van der Waals surface area (Å²) < 4.78 is 4.78. The monoisotopic (exact) mass is 766 g/mol. The standard InChI is InChI=1S/C37H30N2.C18H20N2/c1-3-4-20-33-26(2)30-24-23-27(25-36(30)38(33)28-14-7-5-8-15-28)31-19-13-22-35-37(31)32-18-11-12-21-34(32)39(35)29-16-9-6-10-17-29;1-4-5-6-7-11-14-20-16(2)15-18(19-3)17-12-9-8-10-13-17/h3-12,14-18,20-25H,2,13,19H2,1H3;4-15H,3H2,1-2H3/b4-3-,33-20+;5-4+,7-6-,14-11-,18-15-,20-16+. The molecule has 0 N–H and O–H groups in total. The Morgan fingerprint density at radius 2 is 1.31 bits per heavy atom. The zero-order valence-electron chi connectivity index (χ0n) is 34.2. The third-order valence-corrected chi connectivity index (χ3v) is 10.4. The molecule has 8 rings (SSSR count). The topological polar surface area (TPSA) is 34.6 Å². The van der Waals surface area contributed by atoms with Crippen molar-refractivity contribution in [2.45, 2.75) is 33.6 Å². The second kappa shape index (κ2) is 19.2. The van der Waals surface area contributed by atoms with Gasteiger partial charge in [-0.1, -0.05) is 146 Å². The minimum Gasteiger partial charge on any atom is -0.310 e. The molecule has 0 bridgehead atoms. The van der Waals surface area contributed by atoms with Crippen LogP contribution >= 0.6 is 0 Å². The number of allylic oxidation sites excluding steroid dienone is 8. The number of fused-ring (bicyclic) bond motifs is 4. The van der Waals surface area contributed by atoms with Crippen molar-refractivity contribution < 1.29 is 0 Å². The number of aliphatic imine (C=N–C) groups is 2. The zero-order chi connectivity index (χ0) is 41.0. The van der Waals surface area contributed by atoms with Crippen LogP contribution in [-0.4, -0.2) is 21.6 Å². The number of nitrogens with zero attached hydrogens (tertiary/aromatic N) is 4. The molecule has 2 aromatic heterocycles. The average Bonchev–Trinajstić information content (AvgIpc) is 3.78. The molecule has 2 heterocycles. The van der Waals surface area contributed by atoms with Crippen molar-refractivity contribution in [1.29, 1.82) is 0 Å². The second-order valence-corrected chi connectivity index (χ2v) is 14.2. The minimum atomic E-state index is 0.824. The Kier molecular flexibility index (Phi) is 13.0. The van der Waals surface area contributed by atoms with Crippen LogP contribution in [0, 0.1) is 0 Å². The molecule has 0 saturated carbocycles. The predicted octanol–water partition coefficient (Wildman–Crippen LogP) is 10.9. The van der Waals surface area contributed by atoms with Crippen LogP contribution in [-0.2, 0) is 0 Å². The number of para-hydroxylation sites is 3. The molecule has 4 nitrogen and oxygen atoms in total. The molecule has 0 unspecified atom stereocenters. The van der Waals surface area contributed by atoms with Gasteiger partial charge < -0.3 is 9.13 Å². The first kappa shape index (κ1) is 39.9. The Morgan fingerprint density at radius 1 is 0.661 bits per heavy atom. The van der Waals surface area contributed by atoms with Gasteiger partial charge in [-0.3, -0.25) is 9.98 Å². The first-order chi connectivity index (χ1) is 29.0. The van der Waals surface area contributed by atoms with Crippen LogP contribution in [0.1, 0.15) is 44.7 Å². The number of aromatic nitrogens is 2. The van der Waals surface area contributed by atoms with Crippen molar-refractivity contribution in [1.82, 2.24) is 9.13 Å². The highest BCUT2D eigenvalue weighted by Gasteiger charge is 2.18. The third kappa shape index (κ3) is 8.83. The molecule has 5 aromatic carbocycles. The Hall–Kier alpha value is -7.30. The molecule has 1 aliphatic carbocycles. The number of rotatable bonds is 10. The SMILES string of the molecule is C=N\C(=C/C(C)=N/C=C\C=C/C=C/C)c1ccccc1.C=c1/c(=C\C=C/C)n(-c2ccccc2)c2cc(C3=c4c(n(-c5ccccc5)c5ccccc45)=CCC3)ccc12. The van der Waals surface area contributed by atoms with E-state index >= 15 is 0 Å². The molecule has 0 amide bonds. The van der Waals surface area contributed by atoms with E-state index < -0.39 is 0 Å². The van der Waals surface area contributed by atoms with Crippen molar-refractivity contribution in [3.8, 4) is 11.4 Å². The molecule has 0 saturated heterocycles. The predicted molar refractivity (Wildman–Crippen MR) is 256 cm³/mol. The summed E-state index contributed by atoms with van der Waals surface area (Å²) in [4.78, 5) is 8.38. The van der Waals surface area contributed by atoms with Crippen molar-refractivity contribution >= 4 is 64.2 Å². The lowest BCUT2D eigenvalue weighted by Gasteiger charge is -2.13. The Labute approximate surface area is 347 Å². The molecule has 7 aromatic rings. The smallest absolute Gasteiger partial charge is 0.0712 e. The first-order valence-corrected chi connectivity index (χ1v) is 20.2. The maximum absolute atomic E-state index is 4.50. The average molecular weight is 767 g/mol. The summed E-state index contributed by atoms with van der Waals surface area (Å²) in [7, 11) is 0. The fourth-order valence-corrected chi connectivity index (χ4v) is 7.69. The first-order valence-electron chi connectivity index (χ1n) is 20.2. The van der Waals surface area contributed by atoms with Gasteiger partial charge in [-0.15, -0.1) is 0 Å². The molecule has 0 atom stereocenters. The van der Waals surface area contributed by atoms with Gasteiger partial charge in [-0.2, -0.15) is 0 Å². The van der Waals surface area contributed by atoms with E-state index in [-0.39, 0.29) is 0 Å². The highest BCUT2D eigenvalue weighted by Crippen LogP contribution is 2.26. The van der Waals surface area contributed by atoms with Crippen molar-refractivity contribution in [3.63, 3.8) is 0 Å². The van der Waals surface area contributed by atoms with Gasteiger partial charge in [0.15, 0.2) is 0 Å². The van der Waals surface area contributed by atoms with Crippen LogP contribution in [0.5, 0.6) is 0 Å². The quantitative estimate of drug-likeness (QED) is 0.0982. The molecular formula is C55H50N4. The molecule has 0 aliphatic heterocycles. The van der Waals surface area contributed by atoms with Gasteiger partial charge >= 0.3 is 0 Å². The van der Waals surface area contributed by atoms with Crippen LogP contribution in [0.15, 0.2) is 198 Å². The zero-order valence-corrected chi connectivity index (χ0v) is 34.2. The van der Waals surface area contributed by atoms with E-state index in [2.05, 4.69) is 160 Å². The Bertz CT molecular complexity index is 3020. The summed E-state index contributed by atoms with van der Waals surface area (Å²) in [5, 5.41) is 7.32.